The maximum atomic E-state index is 8.56. The van der Waals surface area contributed by atoms with Crippen molar-refractivity contribution in [1.82, 2.24) is 4.98 Å². The van der Waals surface area contributed by atoms with Gasteiger partial charge in [0.1, 0.15) is 0 Å². The Balaban J connectivity index is 0.000000350. The first-order valence-corrected chi connectivity index (χ1v) is 10.6. The molecular weight excluding hydrogens is 551 g/mol. The van der Waals surface area contributed by atoms with Crippen LogP contribution in [0.4, 0.5) is 0 Å². The maximum Gasteiger partial charge on any atom is 0.0598 e. The van der Waals surface area contributed by atoms with Crippen LogP contribution in [0.5, 0.6) is 0 Å². The molecule has 1 aliphatic carbocycles. The number of hydrogen-bond donors (Lipinski definition) is 2. The molecule has 2 atom stereocenters. The molecule has 3 aromatic rings. The molecule has 0 fully saturated rings. The second kappa shape index (κ2) is 11.2. The van der Waals surface area contributed by atoms with Gasteiger partial charge in [-0.1, -0.05) is 44.0 Å². The Hall–Kier alpha value is -1.58. The minimum absolute atomic E-state index is 0. The van der Waals surface area contributed by atoms with E-state index >= 15 is 0 Å². The first kappa shape index (κ1) is 24.7. The van der Waals surface area contributed by atoms with Gasteiger partial charge in [-0.3, -0.25) is 4.98 Å². The molecule has 0 bridgehead atoms. The summed E-state index contributed by atoms with van der Waals surface area (Å²) in [5, 5.41) is 18.5. The Morgan fingerprint density at radius 2 is 1.67 bits per heavy atom. The van der Waals surface area contributed by atoms with Gasteiger partial charge in [0, 0.05) is 25.5 Å². The molecule has 4 rings (SSSR count). The SMILES string of the molecule is CC(C)Cc1cccc2nc3c(cc12)CCc1ccc[c-]c1-3.CC(O)CC(C)O.[Ir]. The van der Waals surface area contributed by atoms with E-state index in [1.807, 2.05) is 6.07 Å². The number of aliphatic hydroxyl groups is 2. The number of rotatable bonds is 4. The molecule has 0 aliphatic heterocycles. The zero-order valence-electron chi connectivity index (χ0n) is 18.3. The number of aliphatic hydroxyl groups excluding tert-OH is 2. The van der Waals surface area contributed by atoms with Gasteiger partial charge in [0.2, 0.25) is 0 Å². The van der Waals surface area contributed by atoms with E-state index in [1.54, 1.807) is 13.8 Å². The smallest absolute Gasteiger partial charge is 0.0598 e. The average Bonchev–Trinajstić information content (AvgIpc) is 2.66. The fourth-order valence-corrected chi connectivity index (χ4v) is 3.99. The van der Waals surface area contributed by atoms with E-state index in [-0.39, 0.29) is 32.3 Å². The van der Waals surface area contributed by atoms with Crippen LogP contribution in [0.1, 0.15) is 50.8 Å². The molecule has 1 aliphatic rings. The molecule has 3 nitrogen and oxygen atoms in total. The average molecular weight is 583 g/mol. The van der Waals surface area contributed by atoms with Gasteiger partial charge in [-0.05, 0) is 56.4 Å². The van der Waals surface area contributed by atoms with E-state index < -0.39 is 0 Å². The fourth-order valence-electron chi connectivity index (χ4n) is 3.99. The van der Waals surface area contributed by atoms with Gasteiger partial charge in [-0.2, -0.15) is 0 Å². The van der Waals surface area contributed by atoms with Crippen LogP contribution in [-0.4, -0.2) is 27.4 Å². The predicted molar refractivity (Wildman–Crippen MR) is 120 cm³/mol. The van der Waals surface area contributed by atoms with Crippen molar-refractivity contribution >= 4 is 10.9 Å². The molecule has 2 aromatic carbocycles. The third-order valence-corrected chi connectivity index (χ3v) is 5.18. The van der Waals surface area contributed by atoms with Crippen molar-refractivity contribution in [2.75, 3.05) is 0 Å². The molecule has 1 aromatic heterocycles. The van der Waals surface area contributed by atoms with Crippen LogP contribution in [0.3, 0.4) is 0 Å². The quantitative estimate of drug-likeness (QED) is 0.420. The summed E-state index contributed by atoms with van der Waals surface area (Å²) in [7, 11) is 0. The zero-order valence-corrected chi connectivity index (χ0v) is 20.7. The first-order chi connectivity index (χ1) is 13.8. The number of aryl methyl sites for hydroxylation is 2. The van der Waals surface area contributed by atoms with Crippen LogP contribution in [0.25, 0.3) is 22.2 Å². The summed E-state index contributed by atoms with van der Waals surface area (Å²) in [6.45, 7) is 7.87. The summed E-state index contributed by atoms with van der Waals surface area (Å²) in [5.41, 5.74) is 7.61. The van der Waals surface area contributed by atoms with Gasteiger partial charge >= 0.3 is 0 Å². The van der Waals surface area contributed by atoms with Crippen LogP contribution < -0.4 is 0 Å². The Labute approximate surface area is 193 Å². The number of hydrogen-bond acceptors (Lipinski definition) is 3. The normalized spacial score (nSPS) is 14.1. The van der Waals surface area contributed by atoms with Gasteiger partial charge in [-0.25, -0.2) is 0 Å². The second-order valence-electron chi connectivity index (χ2n) is 8.58. The van der Waals surface area contributed by atoms with Crippen LogP contribution in [0.15, 0.2) is 42.5 Å². The van der Waals surface area contributed by atoms with Gasteiger partial charge in [0.05, 0.1) is 17.7 Å². The molecular formula is C26H32IrNO2-. The number of benzene rings is 2. The number of fused-ring (bicyclic) bond motifs is 4. The van der Waals surface area contributed by atoms with Gasteiger partial charge in [0.15, 0.2) is 0 Å². The summed E-state index contributed by atoms with van der Waals surface area (Å²) in [4.78, 5) is 4.99. The van der Waals surface area contributed by atoms with E-state index in [0.717, 1.165) is 30.5 Å². The predicted octanol–water partition coefficient (Wildman–Crippen LogP) is 5.13. The van der Waals surface area contributed by atoms with Gasteiger partial charge in [0.25, 0.3) is 0 Å². The van der Waals surface area contributed by atoms with Crippen LogP contribution >= 0.6 is 0 Å². The minimum atomic E-state index is -0.375. The Kier molecular flexibility index (Phi) is 9.18. The van der Waals surface area contributed by atoms with Gasteiger partial charge in [-0.15, -0.1) is 35.4 Å². The van der Waals surface area contributed by atoms with Crippen molar-refractivity contribution in [3.63, 3.8) is 0 Å². The molecule has 0 spiro atoms. The van der Waals surface area contributed by atoms with Crippen molar-refractivity contribution in [1.29, 1.82) is 0 Å². The maximum absolute atomic E-state index is 8.56. The van der Waals surface area contributed by atoms with Crippen LogP contribution in [0, 0.1) is 12.0 Å². The summed E-state index contributed by atoms with van der Waals surface area (Å²) < 4.78 is 0. The third kappa shape index (κ3) is 6.21. The first-order valence-electron chi connectivity index (χ1n) is 10.6. The van der Waals surface area contributed by atoms with Crippen LogP contribution in [-0.2, 0) is 39.4 Å². The Morgan fingerprint density at radius 1 is 0.967 bits per heavy atom. The summed E-state index contributed by atoms with van der Waals surface area (Å²) in [5.74, 6) is 0.663. The number of nitrogens with zero attached hydrogens (tertiary/aromatic N) is 1. The van der Waals surface area contributed by atoms with E-state index in [4.69, 9.17) is 15.2 Å². The third-order valence-electron chi connectivity index (χ3n) is 5.18. The fraction of sp³-hybridized carbons (Fsp3) is 0.423. The van der Waals surface area contributed by atoms with E-state index in [2.05, 4.69) is 56.3 Å². The molecule has 2 N–H and O–H groups in total. The van der Waals surface area contributed by atoms with Crippen molar-refractivity contribution in [2.24, 2.45) is 5.92 Å². The van der Waals surface area contributed by atoms with Crippen molar-refractivity contribution in [3.05, 3.63) is 65.2 Å². The molecule has 2 unspecified atom stereocenters. The van der Waals surface area contributed by atoms with Crippen molar-refractivity contribution in [2.45, 2.75) is 65.6 Å². The van der Waals surface area contributed by atoms with Crippen LogP contribution in [0.2, 0.25) is 0 Å². The minimum Gasteiger partial charge on any atom is -0.393 e. The standard InChI is InChI=1S/C21H20N.C5H12O2.Ir/c1-14(2)12-16-7-5-9-20-19(16)13-17-11-10-15-6-3-4-8-18(15)21(17)22-20;1-4(6)3-5(2)7;/h3-7,9,13-14H,10-12H2,1-2H3;4-7H,3H2,1-2H3;/q-1;;. The summed E-state index contributed by atoms with van der Waals surface area (Å²) in [6.07, 6.45) is 3.01. The Bertz CT molecular complexity index is 960. The number of pyridine rings is 1. The van der Waals surface area contributed by atoms with Gasteiger partial charge < -0.3 is 10.2 Å². The van der Waals surface area contributed by atoms with Crippen molar-refractivity contribution < 1.29 is 30.3 Å². The van der Waals surface area contributed by atoms with E-state index in [1.165, 1.54) is 27.6 Å². The van der Waals surface area contributed by atoms with E-state index in [9.17, 15) is 0 Å². The topological polar surface area (TPSA) is 53.4 Å². The number of aromatic nitrogens is 1. The molecule has 0 saturated heterocycles. The van der Waals surface area contributed by atoms with Crippen molar-refractivity contribution in [3.8, 4) is 11.3 Å². The summed E-state index contributed by atoms with van der Waals surface area (Å²) >= 11 is 0. The summed E-state index contributed by atoms with van der Waals surface area (Å²) in [6, 6.07) is 18.6. The van der Waals surface area contributed by atoms with E-state index in [0.29, 0.717) is 12.3 Å². The molecule has 163 valence electrons. The Morgan fingerprint density at radius 3 is 2.30 bits per heavy atom. The molecule has 0 saturated carbocycles. The molecule has 0 amide bonds. The molecule has 1 heterocycles. The molecule has 4 heteroatoms. The molecule has 1 radical (unpaired) electrons. The molecule has 30 heavy (non-hydrogen) atoms. The largest absolute Gasteiger partial charge is 0.393 e. The zero-order chi connectivity index (χ0) is 21.0. The second-order valence-corrected chi connectivity index (χ2v) is 8.58. The monoisotopic (exact) mass is 583 g/mol.